The van der Waals surface area contributed by atoms with E-state index in [4.69, 9.17) is 0 Å². The van der Waals surface area contributed by atoms with Gasteiger partial charge >= 0.3 is 6.18 Å². The van der Waals surface area contributed by atoms with Gasteiger partial charge < -0.3 is 10.0 Å². The van der Waals surface area contributed by atoms with E-state index >= 15 is 0 Å². The standard InChI is InChI=1S/C25H34F3N3O3S2/c1-18-6-4-7-19(2)31(18)17-22-16-29(36(33,34)23-8-5-15-35-23)13-14-30(22)21-11-9-20(10-12-21)24(3,32)25(26,27)28/h5,8-12,15,18-19,22,32H,4,6-7,13-14,16-17H2,1-3H3/t18?,19?,22-,24+/m1/s1. The monoisotopic (exact) mass is 545 g/mol. The fourth-order valence-electron chi connectivity index (χ4n) is 5.30. The Balaban J connectivity index is 1.62. The predicted molar refractivity (Wildman–Crippen MR) is 136 cm³/mol. The van der Waals surface area contributed by atoms with E-state index in [1.54, 1.807) is 29.6 Å². The topological polar surface area (TPSA) is 64.1 Å². The third kappa shape index (κ3) is 5.31. The molecule has 4 atom stereocenters. The fraction of sp³-hybridized carbons (Fsp3) is 0.600. The third-order valence-electron chi connectivity index (χ3n) is 7.65. The maximum absolute atomic E-state index is 13.3. The summed E-state index contributed by atoms with van der Waals surface area (Å²) in [5.41, 5.74) is -2.46. The molecular formula is C25H34F3N3O3S2. The molecule has 4 rings (SSSR count). The number of hydrogen-bond acceptors (Lipinski definition) is 6. The van der Waals surface area contributed by atoms with Gasteiger partial charge in [-0.3, -0.25) is 4.90 Å². The number of thiophene rings is 1. The van der Waals surface area contributed by atoms with Gasteiger partial charge in [0.15, 0.2) is 5.60 Å². The summed E-state index contributed by atoms with van der Waals surface area (Å²) in [5, 5.41) is 11.8. The van der Waals surface area contributed by atoms with Gasteiger partial charge in [-0.15, -0.1) is 11.3 Å². The van der Waals surface area contributed by atoms with Gasteiger partial charge in [-0.25, -0.2) is 8.42 Å². The molecule has 0 aliphatic carbocycles. The minimum Gasteiger partial charge on any atom is -0.376 e. The normalized spacial score (nSPS) is 26.6. The Morgan fingerprint density at radius 2 is 1.69 bits per heavy atom. The molecule has 1 aromatic heterocycles. The van der Waals surface area contributed by atoms with Crippen molar-refractivity contribution in [2.24, 2.45) is 0 Å². The third-order valence-corrected chi connectivity index (χ3v) is 10.9. The first kappa shape index (κ1) is 27.4. The summed E-state index contributed by atoms with van der Waals surface area (Å²) >= 11 is 1.19. The molecule has 2 aliphatic rings. The number of piperidine rings is 1. The van der Waals surface area contributed by atoms with Gasteiger partial charge in [-0.1, -0.05) is 24.6 Å². The second-order valence-corrected chi connectivity index (χ2v) is 13.2. The van der Waals surface area contributed by atoms with Crippen molar-refractivity contribution in [2.75, 3.05) is 31.1 Å². The fourth-order valence-corrected chi connectivity index (χ4v) is 7.91. The van der Waals surface area contributed by atoms with Crippen LogP contribution in [0.3, 0.4) is 0 Å². The molecule has 0 bridgehead atoms. The lowest BCUT2D eigenvalue weighted by Gasteiger charge is -2.47. The van der Waals surface area contributed by atoms with E-state index in [-0.39, 0.29) is 24.7 Å². The zero-order chi connectivity index (χ0) is 26.3. The molecule has 11 heteroatoms. The molecular weight excluding hydrogens is 511 g/mol. The van der Waals surface area contributed by atoms with E-state index in [9.17, 15) is 26.7 Å². The molecule has 2 fully saturated rings. The van der Waals surface area contributed by atoms with Crippen LogP contribution in [0.15, 0.2) is 46.0 Å². The number of anilines is 1. The number of piperazine rings is 1. The molecule has 36 heavy (non-hydrogen) atoms. The minimum atomic E-state index is -4.79. The number of alkyl halides is 3. The molecule has 0 amide bonds. The summed E-state index contributed by atoms with van der Waals surface area (Å²) in [7, 11) is -3.62. The minimum absolute atomic E-state index is 0.175. The van der Waals surface area contributed by atoms with Crippen LogP contribution in [0.2, 0.25) is 0 Å². The lowest BCUT2D eigenvalue weighted by molar-refractivity contribution is -0.258. The summed E-state index contributed by atoms with van der Waals surface area (Å²) in [4.78, 5) is 4.52. The Morgan fingerprint density at radius 3 is 2.25 bits per heavy atom. The summed E-state index contributed by atoms with van der Waals surface area (Å²) in [5.74, 6) is 0. The van der Waals surface area contributed by atoms with Crippen LogP contribution in [-0.2, 0) is 15.6 Å². The number of hydrogen-bond donors (Lipinski definition) is 1. The van der Waals surface area contributed by atoms with Gasteiger partial charge in [0.1, 0.15) is 4.21 Å². The molecule has 0 saturated carbocycles. The van der Waals surface area contributed by atoms with Gasteiger partial charge in [0.2, 0.25) is 0 Å². The van der Waals surface area contributed by atoms with E-state index in [1.165, 1.54) is 27.8 Å². The molecule has 1 N–H and O–H groups in total. The highest BCUT2D eigenvalue weighted by Crippen LogP contribution is 2.39. The van der Waals surface area contributed by atoms with Crippen molar-refractivity contribution in [3.63, 3.8) is 0 Å². The van der Waals surface area contributed by atoms with Crippen molar-refractivity contribution in [2.45, 2.75) is 74.1 Å². The van der Waals surface area contributed by atoms with E-state index in [1.807, 2.05) is 0 Å². The summed E-state index contributed by atoms with van der Waals surface area (Å²) in [6, 6.07) is 9.69. The van der Waals surface area contributed by atoms with Crippen molar-refractivity contribution in [1.82, 2.24) is 9.21 Å². The van der Waals surface area contributed by atoms with Gasteiger partial charge in [0.25, 0.3) is 10.0 Å². The molecule has 2 unspecified atom stereocenters. The average molecular weight is 546 g/mol. The van der Waals surface area contributed by atoms with Crippen LogP contribution < -0.4 is 4.90 Å². The van der Waals surface area contributed by atoms with Crippen molar-refractivity contribution in [1.29, 1.82) is 0 Å². The smallest absolute Gasteiger partial charge is 0.376 e. The van der Waals surface area contributed by atoms with Crippen LogP contribution in [0.25, 0.3) is 0 Å². The molecule has 0 radical (unpaired) electrons. The Morgan fingerprint density at radius 1 is 1.06 bits per heavy atom. The predicted octanol–water partition coefficient (Wildman–Crippen LogP) is 4.66. The number of sulfonamides is 1. The highest BCUT2D eigenvalue weighted by atomic mass is 32.2. The summed E-state index contributed by atoms with van der Waals surface area (Å²) in [6.45, 7) is 6.77. The molecule has 1 aromatic carbocycles. The Bertz CT molecular complexity index is 1110. The average Bonchev–Trinajstić information content (AvgIpc) is 3.37. The van der Waals surface area contributed by atoms with E-state index in [2.05, 4.69) is 23.6 Å². The number of benzene rings is 1. The van der Waals surface area contributed by atoms with Crippen LogP contribution in [0.1, 0.15) is 45.6 Å². The first-order chi connectivity index (χ1) is 16.8. The van der Waals surface area contributed by atoms with Crippen LogP contribution in [0.5, 0.6) is 0 Å². The zero-order valence-corrected chi connectivity index (χ0v) is 22.4. The second-order valence-electron chi connectivity index (χ2n) is 10.1. The summed E-state index contributed by atoms with van der Waals surface area (Å²) < 4.78 is 68.3. The molecule has 2 aromatic rings. The van der Waals surface area contributed by atoms with E-state index in [0.29, 0.717) is 35.1 Å². The molecule has 200 valence electrons. The molecule has 6 nitrogen and oxygen atoms in total. The first-order valence-electron chi connectivity index (χ1n) is 12.3. The Hall–Kier alpha value is -1.66. The van der Waals surface area contributed by atoms with Gasteiger partial charge in [-0.05, 0) is 62.8 Å². The Labute approximate surface area is 215 Å². The highest BCUT2D eigenvalue weighted by Gasteiger charge is 2.51. The van der Waals surface area contributed by atoms with Crippen LogP contribution in [0, 0.1) is 0 Å². The Kier molecular flexibility index (Phi) is 7.79. The lowest BCUT2D eigenvalue weighted by Crippen LogP contribution is -2.60. The van der Waals surface area contributed by atoms with Crippen molar-refractivity contribution in [3.8, 4) is 0 Å². The van der Waals surface area contributed by atoms with Crippen molar-refractivity contribution < 1.29 is 26.7 Å². The first-order valence-corrected chi connectivity index (χ1v) is 14.6. The van der Waals surface area contributed by atoms with Gasteiger partial charge in [-0.2, -0.15) is 17.5 Å². The number of halogens is 3. The molecule has 3 heterocycles. The maximum Gasteiger partial charge on any atom is 0.421 e. The largest absolute Gasteiger partial charge is 0.421 e. The maximum atomic E-state index is 13.3. The molecule has 2 aliphatic heterocycles. The zero-order valence-electron chi connectivity index (χ0n) is 20.8. The van der Waals surface area contributed by atoms with Gasteiger partial charge in [0, 0.05) is 44.0 Å². The molecule has 2 saturated heterocycles. The number of rotatable bonds is 6. The van der Waals surface area contributed by atoms with Crippen LogP contribution in [0.4, 0.5) is 18.9 Å². The van der Waals surface area contributed by atoms with Gasteiger partial charge in [0.05, 0.1) is 6.04 Å². The van der Waals surface area contributed by atoms with Crippen LogP contribution >= 0.6 is 11.3 Å². The quantitative estimate of drug-likeness (QED) is 0.572. The van der Waals surface area contributed by atoms with E-state index in [0.717, 1.165) is 26.2 Å². The second kappa shape index (κ2) is 10.2. The summed E-state index contributed by atoms with van der Waals surface area (Å²) in [6.07, 6.45) is -1.48. The molecule has 0 spiro atoms. The SMILES string of the molecule is CC1CCCC(C)N1C[C@H]1CN(S(=O)(=O)c2cccs2)CCN1c1ccc([C@](C)(O)C(F)(F)F)cc1. The van der Waals surface area contributed by atoms with Crippen molar-refractivity contribution in [3.05, 3.63) is 47.3 Å². The number of aliphatic hydroxyl groups is 1. The van der Waals surface area contributed by atoms with Crippen molar-refractivity contribution >= 4 is 27.0 Å². The van der Waals surface area contributed by atoms with E-state index < -0.39 is 21.8 Å². The van der Waals surface area contributed by atoms with Crippen LogP contribution in [-0.4, -0.2) is 73.2 Å². The highest BCUT2D eigenvalue weighted by molar-refractivity contribution is 7.91. The number of likely N-dealkylation sites (tertiary alicyclic amines) is 1. The number of nitrogens with zero attached hydrogens (tertiary/aromatic N) is 3. The lowest BCUT2D eigenvalue weighted by atomic mass is 9.94.